The van der Waals surface area contributed by atoms with E-state index in [-0.39, 0.29) is 5.69 Å². The third-order valence-corrected chi connectivity index (χ3v) is 2.33. The molecule has 1 rings (SSSR count). The average molecular weight is 266 g/mol. The summed E-state index contributed by atoms with van der Waals surface area (Å²) in [6.07, 6.45) is 6.12. The quantitative estimate of drug-likeness (QED) is 0.356. The number of nitrogens with zero attached hydrogens (tertiary/aromatic N) is 1. The fourth-order valence-electron chi connectivity index (χ4n) is 1.43. The van der Waals surface area contributed by atoms with Crippen LogP contribution in [0.2, 0.25) is 0 Å². The largest absolute Gasteiger partial charge is 0.477 e. The van der Waals surface area contributed by atoms with Crippen LogP contribution in [0.1, 0.15) is 23.2 Å². The van der Waals surface area contributed by atoms with Crippen molar-refractivity contribution in [2.75, 3.05) is 11.9 Å². The molecule has 0 amide bonds. The lowest BCUT2D eigenvalue weighted by atomic mass is 10.1. The molecule has 0 unspecified atom stereocenters. The Hall–Kier alpha value is -2.62. The number of benzene rings is 1. The van der Waals surface area contributed by atoms with E-state index in [9.17, 15) is 19.3 Å². The van der Waals surface area contributed by atoms with Crippen LogP contribution in [0.25, 0.3) is 0 Å². The second-order valence-corrected chi connectivity index (χ2v) is 3.65. The number of carboxylic acids is 1. The number of hydrogen-bond acceptors (Lipinski definition) is 4. The van der Waals surface area contributed by atoms with Crippen molar-refractivity contribution in [3.05, 3.63) is 33.6 Å². The lowest BCUT2D eigenvalue weighted by Gasteiger charge is -2.08. The molecule has 0 saturated carbocycles. The number of halogens is 1. The van der Waals surface area contributed by atoms with E-state index in [1.165, 1.54) is 0 Å². The Balaban J connectivity index is 3.01. The second kappa shape index (κ2) is 6.35. The van der Waals surface area contributed by atoms with Gasteiger partial charge in [-0.15, -0.1) is 12.3 Å². The zero-order valence-electron chi connectivity index (χ0n) is 9.85. The topological polar surface area (TPSA) is 92.5 Å². The zero-order valence-corrected chi connectivity index (χ0v) is 9.85. The lowest BCUT2D eigenvalue weighted by molar-refractivity contribution is -0.385. The summed E-state index contributed by atoms with van der Waals surface area (Å²) in [5, 5.41) is 22.1. The van der Waals surface area contributed by atoms with Crippen LogP contribution in [0.3, 0.4) is 0 Å². The van der Waals surface area contributed by atoms with Crippen molar-refractivity contribution >= 4 is 17.3 Å². The van der Waals surface area contributed by atoms with Gasteiger partial charge < -0.3 is 10.4 Å². The Kier molecular flexibility index (Phi) is 4.83. The highest BCUT2D eigenvalue weighted by Gasteiger charge is 2.23. The number of terminal acetylenes is 1. The van der Waals surface area contributed by atoms with Crippen LogP contribution in [0.4, 0.5) is 15.8 Å². The molecule has 0 aromatic heterocycles. The molecular weight excluding hydrogens is 255 g/mol. The van der Waals surface area contributed by atoms with Crippen LogP contribution < -0.4 is 5.32 Å². The van der Waals surface area contributed by atoms with E-state index in [0.717, 1.165) is 6.07 Å². The maximum Gasteiger partial charge on any atom is 0.342 e. The smallest absolute Gasteiger partial charge is 0.342 e. The molecule has 7 heteroatoms. The summed E-state index contributed by atoms with van der Waals surface area (Å²) in [6.45, 7) is 0.345. The molecular formula is C12H11FN2O4. The van der Waals surface area contributed by atoms with Gasteiger partial charge in [0.05, 0.1) is 16.7 Å². The molecule has 19 heavy (non-hydrogen) atoms. The fraction of sp³-hybridized carbons (Fsp3) is 0.250. The van der Waals surface area contributed by atoms with Gasteiger partial charge in [-0.3, -0.25) is 10.1 Å². The normalized spacial score (nSPS) is 9.68. The molecule has 0 fully saturated rings. The molecule has 0 spiro atoms. The lowest BCUT2D eigenvalue weighted by Crippen LogP contribution is -2.08. The Morgan fingerprint density at radius 1 is 1.58 bits per heavy atom. The van der Waals surface area contributed by atoms with Crippen molar-refractivity contribution in [2.45, 2.75) is 12.8 Å². The number of hydrogen-bond donors (Lipinski definition) is 2. The average Bonchev–Trinajstić information content (AvgIpc) is 2.35. The first-order chi connectivity index (χ1) is 8.97. The van der Waals surface area contributed by atoms with Crippen molar-refractivity contribution in [1.29, 1.82) is 0 Å². The Morgan fingerprint density at radius 2 is 2.26 bits per heavy atom. The summed E-state index contributed by atoms with van der Waals surface area (Å²) in [5.41, 5.74) is -1.44. The van der Waals surface area contributed by atoms with E-state index >= 15 is 0 Å². The van der Waals surface area contributed by atoms with E-state index in [1.807, 2.05) is 0 Å². The molecule has 6 nitrogen and oxygen atoms in total. The zero-order chi connectivity index (χ0) is 14.4. The van der Waals surface area contributed by atoms with Gasteiger partial charge in [-0.25, -0.2) is 9.18 Å². The van der Waals surface area contributed by atoms with Gasteiger partial charge in [0.2, 0.25) is 0 Å². The van der Waals surface area contributed by atoms with Gasteiger partial charge >= 0.3 is 5.97 Å². The summed E-state index contributed by atoms with van der Waals surface area (Å²) in [5.74, 6) is 0.0400. The maximum atomic E-state index is 13.6. The van der Waals surface area contributed by atoms with Crippen LogP contribution in [0.5, 0.6) is 0 Å². The first-order valence-corrected chi connectivity index (χ1v) is 5.36. The molecule has 0 atom stereocenters. The molecule has 1 aromatic carbocycles. The monoisotopic (exact) mass is 266 g/mol. The first-order valence-electron chi connectivity index (χ1n) is 5.36. The summed E-state index contributed by atoms with van der Waals surface area (Å²) in [6, 6.07) is 1.50. The number of carboxylic acid groups (broad SMARTS) is 1. The highest BCUT2D eigenvalue weighted by atomic mass is 19.1. The molecule has 100 valence electrons. The number of rotatable bonds is 6. The molecule has 0 saturated heterocycles. The van der Waals surface area contributed by atoms with E-state index in [4.69, 9.17) is 11.5 Å². The van der Waals surface area contributed by atoms with Crippen molar-refractivity contribution in [2.24, 2.45) is 0 Å². The van der Waals surface area contributed by atoms with E-state index in [2.05, 4.69) is 11.2 Å². The molecule has 0 bridgehead atoms. The minimum absolute atomic E-state index is 0.0972. The molecule has 0 aliphatic carbocycles. The van der Waals surface area contributed by atoms with Crippen molar-refractivity contribution < 1.29 is 19.2 Å². The van der Waals surface area contributed by atoms with Gasteiger partial charge in [0.15, 0.2) is 5.82 Å². The Bertz CT molecular complexity index is 551. The van der Waals surface area contributed by atoms with Crippen molar-refractivity contribution in [3.8, 4) is 12.3 Å². The maximum absolute atomic E-state index is 13.6. The third-order valence-electron chi connectivity index (χ3n) is 2.33. The SMILES string of the molecule is C#CCCCNc1cc(C(=O)O)c([N+](=O)[O-])cc1F. The fourth-order valence-corrected chi connectivity index (χ4v) is 1.43. The number of aromatic carboxylic acids is 1. The van der Waals surface area contributed by atoms with Gasteiger partial charge in [0.25, 0.3) is 5.69 Å². The number of nitrogens with one attached hydrogen (secondary N) is 1. The van der Waals surface area contributed by atoms with Gasteiger partial charge in [0, 0.05) is 13.0 Å². The number of anilines is 1. The van der Waals surface area contributed by atoms with Gasteiger partial charge in [-0.05, 0) is 12.5 Å². The van der Waals surface area contributed by atoms with Crippen LogP contribution in [-0.2, 0) is 0 Å². The first kappa shape index (κ1) is 14.4. The minimum Gasteiger partial charge on any atom is -0.477 e. The predicted octanol–water partition coefficient (Wildman–Crippen LogP) is 2.26. The van der Waals surface area contributed by atoms with E-state index in [0.29, 0.717) is 25.5 Å². The molecule has 0 radical (unpaired) electrons. The predicted molar refractivity (Wildman–Crippen MR) is 66.6 cm³/mol. The van der Waals surface area contributed by atoms with Gasteiger partial charge in [-0.2, -0.15) is 0 Å². The molecule has 0 aliphatic heterocycles. The number of nitro benzene ring substituents is 1. The third kappa shape index (κ3) is 3.67. The Labute approximate surface area is 108 Å². The molecule has 0 heterocycles. The van der Waals surface area contributed by atoms with Crippen LogP contribution in [-0.4, -0.2) is 22.5 Å². The van der Waals surface area contributed by atoms with Gasteiger partial charge in [-0.1, -0.05) is 0 Å². The standard InChI is InChI=1S/C12H11FN2O4/c1-2-3-4-5-14-10-6-8(12(16)17)11(15(18)19)7-9(10)13/h1,6-7,14H,3-5H2,(H,16,17). The highest BCUT2D eigenvalue weighted by molar-refractivity contribution is 5.93. The molecule has 0 aliphatic rings. The van der Waals surface area contributed by atoms with Crippen molar-refractivity contribution in [1.82, 2.24) is 0 Å². The van der Waals surface area contributed by atoms with E-state index in [1.54, 1.807) is 0 Å². The number of nitro groups is 1. The second-order valence-electron chi connectivity index (χ2n) is 3.65. The Morgan fingerprint density at radius 3 is 2.79 bits per heavy atom. The van der Waals surface area contributed by atoms with Gasteiger partial charge in [0.1, 0.15) is 5.56 Å². The highest BCUT2D eigenvalue weighted by Crippen LogP contribution is 2.26. The number of carbonyl (C=O) groups is 1. The molecule has 2 N–H and O–H groups in total. The van der Waals surface area contributed by atoms with Crippen LogP contribution in [0, 0.1) is 28.3 Å². The van der Waals surface area contributed by atoms with Crippen LogP contribution in [0.15, 0.2) is 12.1 Å². The summed E-state index contributed by atoms with van der Waals surface area (Å²) in [7, 11) is 0. The van der Waals surface area contributed by atoms with E-state index < -0.39 is 28.0 Å². The number of unbranched alkanes of at least 4 members (excludes halogenated alkanes) is 1. The summed E-state index contributed by atoms with van der Waals surface area (Å²) >= 11 is 0. The summed E-state index contributed by atoms with van der Waals surface area (Å²) < 4.78 is 13.6. The van der Waals surface area contributed by atoms with Crippen molar-refractivity contribution in [3.63, 3.8) is 0 Å². The molecule has 1 aromatic rings. The summed E-state index contributed by atoms with van der Waals surface area (Å²) in [4.78, 5) is 20.6. The minimum atomic E-state index is -1.49. The van der Waals surface area contributed by atoms with Crippen LogP contribution >= 0.6 is 0 Å².